The van der Waals surface area contributed by atoms with Gasteiger partial charge in [-0.25, -0.2) is 0 Å². The Bertz CT molecular complexity index is 772. The van der Waals surface area contributed by atoms with Gasteiger partial charge < -0.3 is 13.9 Å². The summed E-state index contributed by atoms with van der Waals surface area (Å²) < 4.78 is 16.2. The summed E-state index contributed by atoms with van der Waals surface area (Å²) in [5.41, 5.74) is 1.59. The van der Waals surface area contributed by atoms with Gasteiger partial charge in [-0.2, -0.15) is 0 Å². The maximum Gasteiger partial charge on any atom is 0.136 e. The van der Waals surface area contributed by atoms with E-state index in [1.165, 1.54) is 0 Å². The summed E-state index contributed by atoms with van der Waals surface area (Å²) in [7, 11) is 3.20. The van der Waals surface area contributed by atoms with Gasteiger partial charge in [-0.05, 0) is 48.5 Å². The van der Waals surface area contributed by atoms with Crippen LogP contribution in [-0.2, 0) is 0 Å². The van der Waals surface area contributed by atoms with E-state index < -0.39 is 0 Å². The van der Waals surface area contributed by atoms with Gasteiger partial charge >= 0.3 is 0 Å². The molecular formula is C18H14Cl2O3. The number of methoxy groups -OCH3 is 2. The van der Waals surface area contributed by atoms with Gasteiger partial charge in [-0.1, -0.05) is 23.2 Å². The van der Waals surface area contributed by atoms with E-state index in [-0.39, 0.29) is 0 Å². The molecule has 0 N–H and O–H groups in total. The highest BCUT2D eigenvalue weighted by Gasteiger charge is 2.13. The summed E-state index contributed by atoms with van der Waals surface area (Å²) in [6.07, 6.45) is 0. The quantitative estimate of drug-likeness (QED) is 0.584. The van der Waals surface area contributed by atoms with Gasteiger partial charge in [-0.3, -0.25) is 0 Å². The van der Waals surface area contributed by atoms with Crippen LogP contribution in [0, 0.1) is 0 Å². The van der Waals surface area contributed by atoms with E-state index in [1.54, 1.807) is 26.4 Å². The first kappa shape index (κ1) is 15.8. The van der Waals surface area contributed by atoms with Gasteiger partial charge in [0.05, 0.1) is 24.3 Å². The lowest BCUT2D eigenvalue weighted by molar-refractivity contribution is 0.415. The average Bonchev–Trinajstić information content (AvgIpc) is 3.03. The lowest BCUT2D eigenvalue weighted by atomic mass is 10.1. The smallest absolute Gasteiger partial charge is 0.136 e. The van der Waals surface area contributed by atoms with Gasteiger partial charge in [0.2, 0.25) is 0 Å². The van der Waals surface area contributed by atoms with Crippen molar-refractivity contribution in [3.8, 4) is 34.1 Å². The van der Waals surface area contributed by atoms with Crippen molar-refractivity contribution in [1.29, 1.82) is 0 Å². The average molecular weight is 349 g/mol. The van der Waals surface area contributed by atoms with Gasteiger partial charge in [0.1, 0.15) is 23.0 Å². The Morgan fingerprint density at radius 2 is 1.13 bits per heavy atom. The fourth-order valence-electron chi connectivity index (χ4n) is 2.27. The highest BCUT2D eigenvalue weighted by molar-refractivity contribution is 6.33. The number of hydrogen-bond acceptors (Lipinski definition) is 3. The van der Waals surface area contributed by atoms with Crippen LogP contribution in [0.1, 0.15) is 0 Å². The Morgan fingerprint density at radius 3 is 1.48 bits per heavy atom. The molecule has 3 nitrogen and oxygen atoms in total. The molecule has 118 valence electrons. The van der Waals surface area contributed by atoms with Crippen LogP contribution < -0.4 is 9.47 Å². The molecule has 0 saturated carbocycles. The van der Waals surface area contributed by atoms with Crippen molar-refractivity contribution in [3.63, 3.8) is 0 Å². The number of benzene rings is 2. The molecule has 1 aromatic heterocycles. The molecule has 0 bridgehead atoms. The minimum Gasteiger partial charge on any atom is -0.497 e. The molecule has 1 heterocycles. The lowest BCUT2D eigenvalue weighted by Gasteiger charge is -2.06. The topological polar surface area (TPSA) is 31.6 Å². The molecule has 0 radical (unpaired) electrons. The van der Waals surface area contributed by atoms with E-state index in [2.05, 4.69) is 0 Å². The van der Waals surface area contributed by atoms with E-state index >= 15 is 0 Å². The van der Waals surface area contributed by atoms with Crippen LogP contribution in [0.15, 0.2) is 52.9 Å². The van der Waals surface area contributed by atoms with E-state index in [9.17, 15) is 0 Å². The van der Waals surface area contributed by atoms with Crippen molar-refractivity contribution in [3.05, 3.63) is 58.6 Å². The third kappa shape index (κ3) is 3.16. The highest BCUT2D eigenvalue weighted by Crippen LogP contribution is 2.37. The van der Waals surface area contributed by atoms with Gasteiger partial charge in [0, 0.05) is 11.1 Å². The molecule has 0 aliphatic heterocycles. The third-order valence-electron chi connectivity index (χ3n) is 3.49. The fraction of sp³-hybridized carbons (Fsp3) is 0.111. The van der Waals surface area contributed by atoms with Crippen molar-refractivity contribution in [2.24, 2.45) is 0 Å². The zero-order valence-corrected chi connectivity index (χ0v) is 14.1. The maximum atomic E-state index is 6.29. The van der Waals surface area contributed by atoms with Crippen LogP contribution in [0.3, 0.4) is 0 Å². The number of rotatable bonds is 4. The van der Waals surface area contributed by atoms with Crippen LogP contribution in [0.5, 0.6) is 11.5 Å². The normalized spacial score (nSPS) is 10.6. The first-order chi connectivity index (χ1) is 11.1. The molecule has 2 aromatic carbocycles. The first-order valence-electron chi connectivity index (χ1n) is 6.90. The Labute approximate surface area is 144 Å². The molecule has 0 amide bonds. The second-order valence-corrected chi connectivity index (χ2v) is 5.67. The molecule has 5 heteroatoms. The SMILES string of the molecule is COc1ccc(-c2ccc(-c3ccc(OC)cc3Cl)o2)c(Cl)c1. The largest absolute Gasteiger partial charge is 0.497 e. The van der Waals surface area contributed by atoms with Crippen LogP contribution in [0.25, 0.3) is 22.6 Å². The van der Waals surface area contributed by atoms with Gasteiger partial charge in [0.15, 0.2) is 0 Å². The van der Waals surface area contributed by atoms with E-state index in [0.717, 1.165) is 11.1 Å². The van der Waals surface area contributed by atoms with Crippen LogP contribution in [-0.4, -0.2) is 14.2 Å². The molecule has 0 unspecified atom stereocenters. The number of ether oxygens (including phenoxy) is 2. The Kier molecular flexibility index (Phi) is 4.51. The molecule has 0 saturated heterocycles. The van der Waals surface area contributed by atoms with Crippen molar-refractivity contribution >= 4 is 23.2 Å². The lowest BCUT2D eigenvalue weighted by Crippen LogP contribution is -1.84. The second kappa shape index (κ2) is 6.57. The molecule has 0 aliphatic rings. The number of halogens is 2. The van der Waals surface area contributed by atoms with Crippen LogP contribution in [0.2, 0.25) is 10.0 Å². The Hall–Kier alpha value is -2.10. The molecular weight excluding hydrogens is 335 g/mol. The van der Waals surface area contributed by atoms with Crippen molar-refractivity contribution < 1.29 is 13.9 Å². The molecule has 23 heavy (non-hydrogen) atoms. The van der Waals surface area contributed by atoms with Crippen LogP contribution in [0.4, 0.5) is 0 Å². The second-order valence-electron chi connectivity index (χ2n) is 4.86. The summed E-state index contributed by atoms with van der Waals surface area (Å²) in [4.78, 5) is 0. The van der Waals surface area contributed by atoms with Crippen molar-refractivity contribution in [2.75, 3.05) is 14.2 Å². The molecule has 0 atom stereocenters. The molecule has 3 rings (SSSR count). The van der Waals surface area contributed by atoms with E-state index in [1.807, 2.05) is 36.4 Å². The Morgan fingerprint density at radius 1 is 0.696 bits per heavy atom. The fourth-order valence-corrected chi connectivity index (χ4v) is 2.80. The first-order valence-corrected chi connectivity index (χ1v) is 7.65. The summed E-state index contributed by atoms with van der Waals surface area (Å²) in [5.74, 6) is 2.73. The van der Waals surface area contributed by atoms with Gasteiger partial charge in [0.25, 0.3) is 0 Å². The monoisotopic (exact) mass is 348 g/mol. The highest BCUT2D eigenvalue weighted by atomic mass is 35.5. The summed E-state index contributed by atoms with van der Waals surface area (Å²) in [5, 5.41) is 1.12. The van der Waals surface area contributed by atoms with Crippen LogP contribution >= 0.6 is 23.2 Å². The summed E-state index contributed by atoms with van der Waals surface area (Å²) in [6, 6.07) is 14.6. The number of hydrogen-bond donors (Lipinski definition) is 0. The predicted molar refractivity (Wildman–Crippen MR) is 92.7 cm³/mol. The molecule has 0 spiro atoms. The minimum absolute atomic E-state index is 0.561. The zero-order chi connectivity index (χ0) is 16.4. The van der Waals surface area contributed by atoms with E-state index in [4.69, 9.17) is 37.1 Å². The van der Waals surface area contributed by atoms with Crippen molar-refractivity contribution in [2.45, 2.75) is 0 Å². The minimum atomic E-state index is 0.561. The Balaban J connectivity index is 1.97. The van der Waals surface area contributed by atoms with E-state index in [0.29, 0.717) is 33.1 Å². The van der Waals surface area contributed by atoms with Crippen molar-refractivity contribution in [1.82, 2.24) is 0 Å². The molecule has 0 fully saturated rings. The zero-order valence-electron chi connectivity index (χ0n) is 12.6. The standard InChI is InChI=1S/C18H14Cl2O3/c1-21-11-3-5-13(15(19)9-11)17-7-8-18(23-17)14-6-4-12(22-2)10-16(14)20/h3-10H,1-2H3. The predicted octanol–water partition coefficient (Wildman–Crippen LogP) is 5.94. The molecule has 3 aromatic rings. The van der Waals surface area contributed by atoms with Gasteiger partial charge in [-0.15, -0.1) is 0 Å². The number of furan rings is 1. The third-order valence-corrected chi connectivity index (χ3v) is 4.11. The molecule has 0 aliphatic carbocycles. The summed E-state index contributed by atoms with van der Waals surface area (Å²) in [6.45, 7) is 0. The summed E-state index contributed by atoms with van der Waals surface area (Å²) >= 11 is 12.6. The maximum absolute atomic E-state index is 6.29.